The number of anilines is 2. The number of hydrogen-bond donors (Lipinski definition) is 3. The maximum Gasteiger partial charge on any atom is 0.0736 e. The summed E-state index contributed by atoms with van der Waals surface area (Å²) in [6.07, 6.45) is 3.32. The van der Waals surface area contributed by atoms with Crippen LogP contribution in [0.2, 0.25) is 0 Å². The summed E-state index contributed by atoms with van der Waals surface area (Å²) in [6, 6.07) is 9.63. The maximum absolute atomic E-state index is 8.93. The molecule has 0 aliphatic rings. The Bertz CT molecular complexity index is 482. The van der Waals surface area contributed by atoms with Crippen LogP contribution in [0.25, 0.3) is 0 Å². The Hall–Kier alpha value is -2.07. The molecule has 1 heterocycles. The van der Waals surface area contributed by atoms with E-state index in [4.69, 9.17) is 10.8 Å². The van der Waals surface area contributed by atoms with Gasteiger partial charge in [-0.3, -0.25) is 4.98 Å². The summed E-state index contributed by atoms with van der Waals surface area (Å²) in [7, 11) is 0. The molecular formula is C13H15N3O. The van der Waals surface area contributed by atoms with Gasteiger partial charge in [-0.25, -0.2) is 0 Å². The number of pyridine rings is 1. The molecule has 0 unspecified atom stereocenters. The Morgan fingerprint density at radius 1 is 1.12 bits per heavy atom. The van der Waals surface area contributed by atoms with Gasteiger partial charge in [-0.2, -0.15) is 0 Å². The quantitative estimate of drug-likeness (QED) is 0.747. The molecule has 0 spiro atoms. The van der Waals surface area contributed by atoms with E-state index >= 15 is 0 Å². The molecule has 0 bridgehead atoms. The lowest BCUT2D eigenvalue weighted by atomic mass is 10.1. The highest BCUT2D eigenvalue weighted by atomic mass is 16.3. The third-order valence-electron chi connectivity index (χ3n) is 2.54. The van der Waals surface area contributed by atoms with E-state index < -0.39 is 0 Å². The van der Waals surface area contributed by atoms with E-state index in [-0.39, 0.29) is 6.61 Å². The van der Waals surface area contributed by atoms with E-state index in [1.165, 1.54) is 0 Å². The van der Waals surface area contributed by atoms with Gasteiger partial charge in [0.2, 0.25) is 0 Å². The van der Waals surface area contributed by atoms with Crippen LogP contribution >= 0.6 is 0 Å². The highest BCUT2D eigenvalue weighted by Gasteiger charge is 1.98. The van der Waals surface area contributed by atoms with Gasteiger partial charge in [0, 0.05) is 12.7 Å². The fourth-order valence-electron chi connectivity index (χ4n) is 1.53. The summed E-state index contributed by atoms with van der Waals surface area (Å²) in [6.45, 7) is 0.769. The molecule has 0 radical (unpaired) electrons. The number of aromatic nitrogens is 1. The zero-order chi connectivity index (χ0) is 12.1. The molecule has 0 atom stereocenters. The topological polar surface area (TPSA) is 71.2 Å². The first-order chi connectivity index (χ1) is 8.29. The molecule has 4 N–H and O–H groups in total. The third kappa shape index (κ3) is 2.95. The van der Waals surface area contributed by atoms with Gasteiger partial charge >= 0.3 is 0 Å². The highest BCUT2D eigenvalue weighted by Crippen LogP contribution is 2.16. The molecule has 17 heavy (non-hydrogen) atoms. The molecule has 0 fully saturated rings. The number of rotatable bonds is 4. The number of nitrogens with one attached hydrogen (secondary N) is 1. The molecule has 0 saturated carbocycles. The lowest BCUT2D eigenvalue weighted by molar-refractivity contribution is 0.282. The van der Waals surface area contributed by atoms with Gasteiger partial charge < -0.3 is 16.2 Å². The SMILES string of the molecule is Nc1cnccc1NCc1ccc(CO)cc1. The Morgan fingerprint density at radius 2 is 1.82 bits per heavy atom. The van der Waals surface area contributed by atoms with E-state index in [2.05, 4.69) is 10.3 Å². The molecule has 4 heteroatoms. The van der Waals surface area contributed by atoms with Gasteiger partial charge in [0.05, 0.1) is 24.2 Å². The van der Waals surface area contributed by atoms with Crippen molar-refractivity contribution < 1.29 is 5.11 Å². The van der Waals surface area contributed by atoms with Gasteiger partial charge in [0.15, 0.2) is 0 Å². The third-order valence-corrected chi connectivity index (χ3v) is 2.54. The van der Waals surface area contributed by atoms with Crippen LogP contribution in [0.15, 0.2) is 42.7 Å². The molecule has 0 saturated heterocycles. The highest BCUT2D eigenvalue weighted by molar-refractivity contribution is 5.64. The molecule has 0 amide bonds. The molecule has 0 aliphatic heterocycles. The van der Waals surface area contributed by atoms with E-state index in [0.717, 1.165) is 16.8 Å². The summed E-state index contributed by atoms with van der Waals surface area (Å²) < 4.78 is 0. The Kier molecular flexibility index (Phi) is 3.57. The van der Waals surface area contributed by atoms with Gasteiger partial charge in [-0.1, -0.05) is 24.3 Å². The van der Waals surface area contributed by atoms with Gasteiger partial charge in [0.1, 0.15) is 0 Å². The second-order valence-electron chi connectivity index (χ2n) is 3.79. The van der Waals surface area contributed by atoms with Crippen LogP contribution in [0.5, 0.6) is 0 Å². The number of nitrogen functional groups attached to an aromatic ring is 1. The van der Waals surface area contributed by atoms with Crippen LogP contribution in [0.3, 0.4) is 0 Å². The van der Waals surface area contributed by atoms with Crippen molar-refractivity contribution in [3.63, 3.8) is 0 Å². The van der Waals surface area contributed by atoms with Crippen LogP contribution in [-0.2, 0) is 13.2 Å². The Morgan fingerprint density at radius 3 is 2.47 bits per heavy atom. The van der Waals surface area contributed by atoms with Crippen molar-refractivity contribution in [2.45, 2.75) is 13.2 Å². The summed E-state index contributed by atoms with van der Waals surface area (Å²) in [5.41, 5.74) is 9.34. The molecule has 4 nitrogen and oxygen atoms in total. The zero-order valence-corrected chi connectivity index (χ0v) is 9.43. The van der Waals surface area contributed by atoms with E-state index in [1.54, 1.807) is 12.4 Å². The first-order valence-corrected chi connectivity index (χ1v) is 5.41. The van der Waals surface area contributed by atoms with Crippen molar-refractivity contribution in [2.75, 3.05) is 11.1 Å². The first-order valence-electron chi connectivity index (χ1n) is 5.41. The maximum atomic E-state index is 8.93. The number of nitrogens with two attached hydrogens (primary N) is 1. The van der Waals surface area contributed by atoms with Crippen molar-refractivity contribution in [2.24, 2.45) is 0 Å². The van der Waals surface area contributed by atoms with E-state index in [9.17, 15) is 0 Å². The van der Waals surface area contributed by atoms with Gasteiger partial charge in [0.25, 0.3) is 0 Å². The number of hydrogen-bond acceptors (Lipinski definition) is 4. The van der Waals surface area contributed by atoms with Crippen molar-refractivity contribution in [1.82, 2.24) is 4.98 Å². The average Bonchev–Trinajstić information content (AvgIpc) is 2.38. The molecule has 2 rings (SSSR count). The number of benzene rings is 1. The second-order valence-corrected chi connectivity index (χ2v) is 3.79. The van der Waals surface area contributed by atoms with Crippen LogP contribution in [-0.4, -0.2) is 10.1 Å². The molecule has 1 aromatic carbocycles. The van der Waals surface area contributed by atoms with Crippen LogP contribution in [0.1, 0.15) is 11.1 Å². The largest absolute Gasteiger partial charge is 0.396 e. The minimum atomic E-state index is 0.0744. The number of aliphatic hydroxyl groups is 1. The molecule has 88 valence electrons. The van der Waals surface area contributed by atoms with Crippen molar-refractivity contribution >= 4 is 11.4 Å². The predicted molar refractivity (Wildman–Crippen MR) is 68.3 cm³/mol. The van der Waals surface area contributed by atoms with Crippen LogP contribution in [0, 0.1) is 0 Å². The number of nitrogens with zero attached hydrogens (tertiary/aromatic N) is 1. The van der Waals surface area contributed by atoms with Gasteiger partial charge in [-0.15, -0.1) is 0 Å². The predicted octanol–water partition coefficient (Wildman–Crippen LogP) is 1.77. The lowest BCUT2D eigenvalue weighted by Gasteiger charge is -2.08. The smallest absolute Gasteiger partial charge is 0.0736 e. The van der Waals surface area contributed by atoms with E-state index in [1.807, 2.05) is 30.3 Å². The van der Waals surface area contributed by atoms with Crippen molar-refractivity contribution in [3.05, 3.63) is 53.9 Å². The minimum Gasteiger partial charge on any atom is -0.396 e. The lowest BCUT2D eigenvalue weighted by Crippen LogP contribution is -2.02. The summed E-state index contributed by atoms with van der Waals surface area (Å²) in [4.78, 5) is 3.93. The average molecular weight is 229 g/mol. The first kappa shape index (κ1) is 11.4. The minimum absolute atomic E-state index is 0.0744. The van der Waals surface area contributed by atoms with Gasteiger partial charge in [-0.05, 0) is 17.2 Å². The molecular weight excluding hydrogens is 214 g/mol. The molecule has 2 aromatic rings. The summed E-state index contributed by atoms with van der Waals surface area (Å²) in [5, 5.41) is 12.2. The normalized spacial score (nSPS) is 10.2. The fraction of sp³-hybridized carbons (Fsp3) is 0.154. The summed E-state index contributed by atoms with van der Waals surface area (Å²) >= 11 is 0. The zero-order valence-electron chi connectivity index (χ0n) is 9.43. The fourth-order valence-corrected chi connectivity index (χ4v) is 1.53. The van der Waals surface area contributed by atoms with Crippen molar-refractivity contribution in [3.8, 4) is 0 Å². The molecule has 1 aromatic heterocycles. The van der Waals surface area contributed by atoms with Crippen LogP contribution < -0.4 is 11.1 Å². The number of aliphatic hydroxyl groups excluding tert-OH is 1. The van der Waals surface area contributed by atoms with Crippen LogP contribution in [0.4, 0.5) is 11.4 Å². The molecule has 0 aliphatic carbocycles. The van der Waals surface area contributed by atoms with E-state index in [0.29, 0.717) is 12.2 Å². The van der Waals surface area contributed by atoms with Crippen molar-refractivity contribution in [1.29, 1.82) is 0 Å². The monoisotopic (exact) mass is 229 g/mol. The Labute approximate surface area is 100 Å². The Balaban J connectivity index is 2.00. The second kappa shape index (κ2) is 5.32. The summed E-state index contributed by atoms with van der Waals surface area (Å²) in [5.74, 6) is 0. The standard InChI is InChI=1S/C13H15N3O/c14-12-8-15-6-5-13(12)16-7-10-1-3-11(9-17)4-2-10/h1-6,8,17H,7,9,14H2,(H,15,16).